The summed E-state index contributed by atoms with van der Waals surface area (Å²) in [5, 5.41) is 3.27. The standard InChI is InChI=1S/C15H24N2O/c1-3-5-7-11-16-15-13(9-8-12-17-15)14(18)10-6-4-2/h8-9,12H,3-7,10-11H2,1-2H3,(H,16,17). The van der Waals surface area contributed by atoms with Crippen LogP contribution in [0.15, 0.2) is 18.3 Å². The summed E-state index contributed by atoms with van der Waals surface area (Å²) in [6.07, 6.45) is 7.87. The minimum Gasteiger partial charge on any atom is -0.369 e. The lowest BCUT2D eigenvalue weighted by atomic mass is 10.1. The van der Waals surface area contributed by atoms with Gasteiger partial charge in [0.25, 0.3) is 0 Å². The molecule has 0 bridgehead atoms. The van der Waals surface area contributed by atoms with Crippen molar-refractivity contribution in [2.24, 2.45) is 0 Å². The summed E-state index contributed by atoms with van der Waals surface area (Å²) in [4.78, 5) is 16.3. The molecule has 0 saturated heterocycles. The summed E-state index contributed by atoms with van der Waals surface area (Å²) in [6.45, 7) is 5.17. The zero-order valence-electron chi connectivity index (χ0n) is 11.5. The van der Waals surface area contributed by atoms with Gasteiger partial charge in [-0.2, -0.15) is 0 Å². The Labute approximate surface area is 110 Å². The van der Waals surface area contributed by atoms with Crippen LogP contribution in [0.3, 0.4) is 0 Å². The number of nitrogens with one attached hydrogen (secondary N) is 1. The molecule has 3 nitrogen and oxygen atoms in total. The van der Waals surface area contributed by atoms with Crippen LogP contribution >= 0.6 is 0 Å². The van der Waals surface area contributed by atoms with Gasteiger partial charge >= 0.3 is 0 Å². The minimum absolute atomic E-state index is 0.197. The van der Waals surface area contributed by atoms with Gasteiger partial charge in [0.2, 0.25) is 0 Å². The summed E-state index contributed by atoms with van der Waals surface area (Å²) in [5.41, 5.74) is 0.738. The molecule has 0 aromatic carbocycles. The second-order valence-electron chi connectivity index (χ2n) is 4.56. The molecular weight excluding hydrogens is 224 g/mol. The van der Waals surface area contributed by atoms with Crippen LogP contribution in [0.25, 0.3) is 0 Å². The van der Waals surface area contributed by atoms with Gasteiger partial charge in [-0.25, -0.2) is 4.98 Å². The monoisotopic (exact) mass is 248 g/mol. The Kier molecular flexibility index (Phi) is 7.07. The molecule has 1 N–H and O–H groups in total. The summed E-state index contributed by atoms with van der Waals surface area (Å²) in [5.74, 6) is 0.942. The number of rotatable bonds is 9. The van der Waals surface area contributed by atoms with Crippen LogP contribution in [0.5, 0.6) is 0 Å². The minimum atomic E-state index is 0.197. The Morgan fingerprint density at radius 1 is 1.22 bits per heavy atom. The maximum absolute atomic E-state index is 12.0. The second-order valence-corrected chi connectivity index (χ2v) is 4.56. The first-order chi connectivity index (χ1) is 8.79. The van der Waals surface area contributed by atoms with Gasteiger partial charge in [-0.1, -0.05) is 33.1 Å². The van der Waals surface area contributed by atoms with Gasteiger partial charge in [-0.15, -0.1) is 0 Å². The molecule has 1 aromatic rings. The number of pyridine rings is 1. The van der Waals surface area contributed by atoms with E-state index in [1.807, 2.05) is 12.1 Å². The fraction of sp³-hybridized carbons (Fsp3) is 0.600. The van der Waals surface area contributed by atoms with E-state index >= 15 is 0 Å². The van der Waals surface area contributed by atoms with Gasteiger partial charge in [0.15, 0.2) is 5.78 Å². The quantitative estimate of drug-likeness (QED) is 0.529. The molecule has 0 spiro atoms. The molecule has 0 amide bonds. The van der Waals surface area contributed by atoms with Gasteiger partial charge in [-0.05, 0) is 25.0 Å². The molecular formula is C15H24N2O. The summed E-state index contributed by atoms with van der Waals surface area (Å²) < 4.78 is 0. The van der Waals surface area contributed by atoms with Crippen molar-refractivity contribution in [1.29, 1.82) is 0 Å². The number of carbonyl (C=O) groups excluding carboxylic acids is 1. The Bertz CT molecular complexity index is 363. The lowest BCUT2D eigenvalue weighted by Crippen LogP contribution is -2.09. The number of unbranched alkanes of at least 4 members (excludes halogenated alkanes) is 3. The molecule has 0 unspecified atom stereocenters. The molecule has 0 saturated carbocycles. The number of aromatic nitrogens is 1. The van der Waals surface area contributed by atoms with Gasteiger partial charge < -0.3 is 5.32 Å². The van der Waals surface area contributed by atoms with Crippen LogP contribution in [0, 0.1) is 0 Å². The van der Waals surface area contributed by atoms with E-state index in [-0.39, 0.29) is 5.78 Å². The molecule has 1 aromatic heterocycles. The molecule has 0 aliphatic rings. The first-order valence-corrected chi connectivity index (χ1v) is 7.01. The van der Waals surface area contributed by atoms with E-state index in [1.54, 1.807) is 6.20 Å². The van der Waals surface area contributed by atoms with E-state index in [1.165, 1.54) is 12.8 Å². The highest BCUT2D eigenvalue weighted by Crippen LogP contribution is 2.15. The van der Waals surface area contributed by atoms with Crippen LogP contribution < -0.4 is 5.32 Å². The molecule has 1 rings (SSSR count). The van der Waals surface area contributed by atoms with E-state index in [9.17, 15) is 4.79 Å². The lowest BCUT2D eigenvalue weighted by Gasteiger charge is -2.09. The molecule has 0 fully saturated rings. The molecule has 100 valence electrons. The normalized spacial score (nSPS) is 10.3. The Hall–Kier alpha value is -1.38. The largest absolute Gasteiger partial charge is 0.369 e. The van der Waals surface area contributed by atoms with E-state index in [2.05, 4.69) is 24.1 Å². The molecule has 1 heterocycles. The highest BCUT2D eigenvalue weighted by atomic mass is 16.1. The second kappa shape index (κ2) is 8.67. The van der Waals surface area contributed by atoms with Crippen LogP contribution in [0.2, 0.25) is 0 Å². The van der Waals surface area contributed by atoms with E-state index in [4.69, 9.17) is 0 Å². The highest BCUT2D eigenvalue weighted by molar-refractivity contribution is 6.00. The van der Waals surface area contributed by atoms with Gasteiger partial charge in [0, 0.05) is 19.2 Å². The maximum Gasteiger partial charge on any atom is 0.166 e. The molecule has 0 radical (unpaired) electrons. The zero-order chi connectivity index (χ0) is 13.2. The number of hydrogen-bond donors (Lipinski definition) is 1. The fourth-order valence-electron chi connectivity index (χ4n) is 1.82. The third kappa shape index (κ3) is 4.86. The van der Waals surface area contributed by atoms with Crippen molar-refractivity contribution in [3.8, 4) is 0 Å². The third-order valence-corrected chi connectivity index (χ3v) is 2.94. The lowest BCUT2D eigenvalue weighted by molar-refractivity contribution is 0.0980. The number of carbonyl (C=O) groups is 1. The van der Waals surface area contributed by atoms with Crippen LogP contribution in [0.1, 0.15) is 62.7 Å². The van der Waals surface area contributed by atoms with E-state index in [0.717, 1.165) is 37.2 Å². The molecule has 3 heteroatoms. The van der Waals surface area contributed by atoms with Crippen LogP contribution in [0.4, 0.5) is 5.82 Å². The molecule has 0 atom stereocenters. The topological polar surface area (TPSA) is 42.0 Å². The van der Waals surface area contributed by atoms with Crippen molar-refractivity contribution in [2.75, 3.05) is 11.9 Å². The smallest absolute Gasteiger partial charge is 0.166 e. The fourth-order valence-corrected chi connectivity index (χ4v) is 1.82. The zero-order valence-corrected chi connectivity index (χ0v) is 11.5. The predicted molar refractivity (Wildman–Crippen MR) is 76.1 cm³/mol. The summed E-state index contributed by atoms with van der Waals surface area (Å²) in [7, 11) is 0. The molecule has 0 aliphatic heterocycles. The van der Waals surface area contributed by atoms with Crippen molar-refractivity contribution in [3.05, 3.63) is 23.9 Å². The molecule has 18 heavy (non-hydrogen) atoms. The van der Waals surface area contributed by atoms with Gasteiger partial charge in [0.05, 0.1) is 5.56 Å². The molecule has 0 aliphatic carbocycles. The summed E-state index contributed by atoms with van der Waals surface area (Å²) >= 11 is 0. The van der Waals surface area contributed by atoms with Gasteiger partial charge in [-0.3, -0.25) is 4.79 Å². The first kappa shape index (κ1) is 14.7. The average Bonchev–Trinajstić information content (AvgIpc) is 2.41. The number of Topliss-reactive ketones (excluding diaryl/α,β-unsaturated/α-hetero) is 1. The van der Waals surface area contributed by atoms with E-state index < -0.39 is 0 Å². The number of ketones is 1. The maximum atomic E-state index is 12.0. The first-order valence-electron chi connectivity index (χ1n) is 7.01. The predicted octanol–water partition coefficient (Wildman–Crippen LogP) is 4.06. The van der Waals surface area contributed by atoms with Crippen molar-refractivity contribution < 1.29 is 4.79 Å². The number of nitrogens with zero attached hydrogens (tertiary/aromatic N) is 1. The summed E-state index contributed by atoms with van der Waals surface area (Å²) in [6, 6.07) is 3.70. The van der Waals surface area contributed by atoms with Crippen molar-refractivity contribution in [3.63, 3.8) is 0 Å². The van der Waals surface area contributed by atoms with Crippen molar-refractivity contribution >= 4 is 11.6 Å². The van der Waals surface area contributed by atoms with Crippen molar-refractivity contribution in [1.82, 2.24) is 4.98 Å². The Balaban J connectivity index is 2.58. The van der Waals surface area contributed by atoms with Crippen molar-refractivity contribution in [2.45, 2.75) is 52.4 Å². The van der Waals surface area contributed by atoms with Crippen LogP contribution in [-0.4, -0.2) is 17.3 Å². The average molecular weight is 248 g/mol. The Morgan fingerprint density at radius 2 is 2.00 bits per heavy atom. The number of anilines is 1. The van der Waals surface area contributed by atoms with E-state index in [0.29, 0.717) is 6.42 Å². The van der Waals surface area contributed by atoms with Gasteiger partial charge in [0.1, 0.15) is 5.82 Å². The SMILES string of the molecule is CCCCCNc1ncccc1C(=O)CCCC. The Morgan fingerprint density at radius 3 is 2.72 bits per heavy atom. The third-order valence-electron chi connectivity index (χ3n) is 2.94. The highest BCUT2D eigenvalue weighted by Gasteiger charge is 2.10. The van der Waals surface area contributed by atoms with Crippen LogP contribution in [-0.2, 0) is 0 Å². The number of hydrogen-bond acceptors (Lipinski definition) is 3.